The molecular formula is C17H29NO. The van der Waals surface area contributed by atoms with Crippen molar-refractivity contribution in [2.75, 3.05) is 20.1 Å². The molecule has 1 fully saturated rings. The maximum Gasteiger partial charge on any atom is 0.0963 e. The monoisotopic (exact) mass is 263 g/mol. The molecule has 19 heavy (non-hydrogen) atoms. The molecular weight excluding hydrogens is 234 g/mol. The Morgan fingerprint density at radius 3 is 2.21 bits per heavy atom. The van der Waals surface area contributed by atoms with Gasteiger partial charge in [-0.15, -0.1) is 0 Å². The van der Waals surface area contributed by atoms with Crippen LogP contribution >= 0.6 is 0 Å². The van der Waals surface area contributed by atoms with Crippen LogP contribution in [0.5, 0.6) is 0 Å². The van der Waals surface area contributed by atoms with Gasteiger partial charge in [0, 0.05) is 13.1 Å². The van der Waals surface area contributed by atoms with Crippen LogP contribution in [-0.4, -0.2) is 25.0 Å². The number of nitrogens with zero attached hydrogens (tertiary/aromatic N) is 1. The molecule has 2 heterocycles. The molecule has 0 radical (unpaired) electrons. The van der Waals surface area contributed by atoms with E-state index in [0.29, 0.717) is 0 Å². The average Bonchev–Trinajstić information content (AvgIpc) is 2.86. The maximum atomic E-state index is 6.07. The van der Waals surface area contributed by atoms with Gasteiger partial charge >= 0.3 is 0 Å². The van der Waals surface area contributed by atoms with Crippen LogP contribution in [-0.2, 0) is 16.9 Å². The van der Waals surface area contributed by atoms with Gasteiger partial charge in [0.1, 0.15) is 0 Å². The van der Waals surface area contributed by atoms with E-state index in [4.69, 9.17) is 4.74 Å². The van der Waals surface area contributed by atoms with Crippen molar-refractivity contribution in [2.24, 2.45) is 0 Å². The lowest BCUT2D eigenvalue weighted by Gasteiger charge is -2.37. The van der Waals surface area contributed by atoms with Crippen molar-refractivity contribution in [2.45, 2.75) is 52.7 Å². The second kappa shape index (κ2) is 7.66. The molecule has 2 nitrogen and oxygen atoms in total. The number of benzene rings is 1. The minimum Gasteiger partial charge on any atom is -0.365 e. The van der Waals surface area contributed by atoms with Crippen LogP contribution in [0.15, 0.2) is 24.3 Å². The largest absolute Gasteiger partial charge is 0.365 e. The third-order valence-corrected chi connectivity index (χ3v) is 3.81. The van der Waals surface area contributed by atoms with Gasteiger partial charge in [0.2, 0.25) is 0 Å². The molecule has 0 unspecified atom stereocenters. The highest BCUT2D eigenvalue weighted by atomic mass is 16.5. The topological polar surface area (TPSA) is 12.5 Å². The molecule has 108 valence electrons. The Hall–Kier alpha value is -0.860. The predicted molar refractivity (Wildman–Crippen MR) is 82.3 cm³/mol. The summed E-state index contributed by atoms with van der Waals surface area (Å²) in [6.45, 7) is 11.1. The molecule has 0 N–H and O–H groups in total. The second-order valence-corrected chi connectivity index (χ2v) is 4.74. The molecule has 3 rings (SSSR count). The molecule has 0 aliphatic carbocycles. The highest BCUT2D eigenvalue weighted by Gasteiger charge is 2.41. The van der Waals surface area contributed by atoms with E-state index in [2.05, 4.69) is 36.2 Å². The Bertz CT molecular complexity index is 367. The van der Waals surface area contributed by atoms with E-state index in [1.54, 1.807) is 0 Å². The van der Waals surface area contributed by atoms with Gasteiger partial charge in [0.25, 0.3) is 0 Å². The van der Waals surface area contributed by atoms with E-state index >= 15 is 0 Å². The molecule has 1 saturated heterocycles. The zero-order chi connectivity index (χ0) is 14.3. The van der Waals surface area contributed by atoms with E-state index in [1.165, 1.54) is 11.1 Å². The SMILES string of the molecule is CC.CC.CN1CCC2(CC1)OCc1ccccc12. The predicted octanol–water partition coefficient (Wildman–Crippen LogP) is 4.19. The minimum atomic E-state index is 0.0447. The fraction of sp³-hybridized carbons (Fsp3) is 0.647. The first-order chi connectivity index (χ1) is 9.30. The number of hydrogen-bond acceptors (Lipinski definition) is 2. The van der Waals surface area contributed by atoms with Crippen molar-refractivity contribution >= 4 is 0 Å². The average molecular weight is 263 g/mol. The second-order valence-electron chi connectivity index (χ2n) is 4.74. The van der Waals surface area contributed by atoms with E-state index in [1.807, 2.05) is 27.7 Å². The summed E-state index contributed by atoms with van der Waals surface area (Å²) < 4.78 is 6.07. The molecule has 1 aromatic carbocycles. The first-order valence-corrected chi connectivity index (χ1v) is 7.71. The van der Waals surface area contributed by atoms with Gasteiger partial charge < -0.3 is 9.64 Å². The third kappa shape index (κ3) is 3.37. The summed E-state index contributed by atoms with van der Waals surface area (Å²) >= 11 is 0. The first-order valence-electron chi connectivity index (χ1n) is 7.71. The summed E-state index contributed by atoms with van der Waals surface area (Å²) in [6.07, 6.45) is 2.28. The zero-order valence-electron chi connectivity index (χ0n) is 13.2. The van der Waals surface area contributed by atoms with Crippen LogP contribution in [0.3, 0.4) is 0 Å². The quantitative estimate of drug-likeness (QED) is 0.696. The van der Waals surface area contributed by atoms with E-state index in [-0.39, 0.29) is 5.60 Å². The van der Waals surface area contributed by atoms with Crippen LogP contribution in [0.1, 0.15) is 51.7 Å². The maximum absolute atomic E-state index is 6.07. The van der Waals surface area contributed by atoms with Crippen molar-refractivity contribution < 1.29 is 4.74 Å². The fourth-order valence-corrected chi connectivity index (χ4v) is 2.78. The lowest BCUT2D eigenvalue weighted by atomic mass is 9.84. The molecule has 2 aliphatic rings. The van der Waals surface area contributed by atoms with Crippen molar-refractivity contribution in [3.63, 3.8) is 0 Å². The molecule has 0 saturated carbocycles. The van der Waals surface area contributed by atoms with Crippen LogP contribution in [0.25, 0.3) is 0 Å². The molecule has 0 atom stereocenters. The van der Waals surface area contributed by atoms with Crippen molar-refractivity contribution in [1.29, 1.82) is 0 Å². The summed E-state index contributed by atoms with van der Waals surface area (Å²) in [5.41, 5.74) is 2.88. The fourth-order valence-electron chi connectivity index (χ4n) is 2.78. The summed E-state index contributed by atoms with van der Waals surface area (Å²) in [5, 5.41) is 0. The Balaban J connectivity index is 0.000000415. The van der Waals surface area contributed by atoms with Crippen molar-refractivity contribution in [3.8, 4) is 0 Å². The molecule has 1 aromatic rings. The van der Waals surface area contributed by atoms with Gasteiger partial charge in [0.15, 0.2) is 0 Å². The molecule has 0 bridgehead atoms. The van der Waals surface area contributed by atoms with Crippen LogP contribution in [0, 0.1) is 0 Å². The van der Waals surface area contributed by atoms with Crippen molar-refractivity contribution in [3.05, 3.63) is 35.4 Å². The van der Waals surface area contributed by atoms with Crippen molar-refractivity contribution in [1.82, 2.24) is 4.90 Å². The number of fused-ring (bicyclic) bond motifs is 2. The summed E-state index contributed by atoms with van der Waals surface area (Å²) in [5.74, 6) is 0. The normalized spacial score (nSPS) is 19.8. The van der Waals surface area contributed by atoms with Crippen LogP contribution < -0.4 is 0 Å². The van der Waals surface area contributed by atoms with E-state index in [0.717, 1.165) is 32.5 Å². The summed E-state index contributed by atoms with van der Waals surface area (Å²) in [4.78, 5) is 2.38. The number of likely N-dealkylation sites (tertiary alicyclic amines) is 1. The Morgan fingerprint density at radius 2 is 1.58 bits per heavy atom. The minimum absolute atomic E-state index is 0.0447. The van der Waals surface area contributed by atoms with Gasteiger partial charge in [-0.05, 0) is 31.0 Å². The Morgan fingerprint density at radius 1 is 1.00 bits per heavy atom. The standard InChI is InChI=1S/C13H17NO.2C2H6/c1-14-8-6-13(7-9-14)12-5-3-2-4-11(12)10-15-13;2*1-2/h2-5H,6-10H2,1H3;2*1-2H3. The number of piperidine rings is 1. The third-order valence-electron chi connectivity index (χ3n) is 3.81. The Kier molecular flexibility index (Phi) is 6.53. The highest BCUT2D eigenvalue weighted by Crippen LogP contribution is 2.43. The van der Waals surface area contributed by atoms with Gasteiger partial charge in [-0.1, -0.05) is 52.0 Å². The van der Waals surface area contributed by atoms with Gasteiger partial charge in [0.05, 0.1) is 12.2 Å². The van der Waals surface area contributed by atoms with Gasteiger partial charge in [-0.25, -0.2) is 0 Å². The molecule has 2 heteroatoms. The zero-order valence-corrected chi connectivity index (χ0v) is 13.2. The number of rotatable bonds is 0. The molecule has 1 spiro atoms. The number of hydrogen-bond donors (Lipinski definition) is 0. The lowest BCUT2D eigenvalue weighted by molar-refractivity contribution is -0.0755. The Labute approximate surface area is 118 Å². The smallest absolute Gasteiger partial charge is 0.0963 e. The first kappa shape index (κ1) is 16.2. The van der Waals surface area contributed by atoms with Gasteiger partial charge in [-0.3, -0.25) is 0 Å². The van der Waals surface area contributed by atoms with E-state index in [9.17, 15) is 0 Å². The van der Waals surface area contributed by atoms with Crippen LogP contribution in [0.4, 0.5) is 0 Å². The molecule has 0 amide bonds. The van der Waals surface area contributed by atoms with Gasteiger partial charge in [-0.2, -0.15) is 0 Å². The molecule has 0 aromatic heterocycles. The number of ether oxygens (including phenoxy) is 1. The highest BCUT2D eigenvalue weighted by molar-refractivity contribution is 5.35. The summed E-state index contributed by atoms with van der Waals surface area (Å²) in [6, 6.07) is 8.68. The van der Waals surface area contributed by atoms with E-state index < -0.39 is 0 Å². The molecule has 2 aliphatic heterocycles. The lowest BCUT2D eigenvalue weighted by Crippen LogP contribution is -2.40. The summed E-state index contributed by atoms with van der Waals surface area (Å²) in [7, 11) is 2.19. The van der Waals surface area contributed by atoms with Crippen LogP contribution in [0.2, 0.25) is 0 Å².